The summed E-state index contributed by atoms with van der Waals surface area (Å²) in [5.74, 6) is 1.15. The lowest BCUT2D eigenvalue weighted by Gasteiger charge is -2.26. The van der Waals surface area contributed by atoms with E-state index in [4.69, 9.17) is 23.9 Å². The first-order valence-corrected chi connectivity index (χ1v) is 16.2. The number of rotatable bonds is 10. The number of para-hydroxylation sites is 1. The second kappa shape index (κ2) is 13.9. The van der Waals surface area contributed by atoms with Crippen molar-refractivity contribution in [1.82, 2.24) is 4.57 Å². The van der Waals surface area contributed by atoms with Gasteiger partial charge >= 0.3 is 5.97 Å². The molecule has 3 aromatic carbocycles. The number of methoxy groups -OCH3 is 1. The first kappa shape index (κ1) is 32.2. The predicted molar refractivity (Wildman–Crippen MR) is 179 cm³/mol. The van der Waals surface area contributed by atoms with Gasteiger partial charge in [-0.25, -0.2) is 9.79 Å². The fourth-order valence-electron chi connectivity index (χ4n) is 5.23. The molecule has 0 spiro atoms. The zero-order valence-electron chi connectivity index (χ0n) is 26.0. The van der Waals surface area contributed by atoms with Crippen LogP contribution in [0.15, 0.2) is 86.2 Å². The summed E-state index contributed by atoms with van der Waals surface area (Å²) in [5, 5.41) is 0. The number of benzene rings is 3. The van der Waals surface area contributed by atoms with Gasteiger partial charge in [0.15, 0.2) is 16.3 Å². The van der Waals surface area contributed by atoms with Gasteiger partial charge in [0.1, 0.15) is 18.4 Å². The van der Waals surface area contributed by atoms with Crippen molar-refractivity contribution in [3.8, 4) is 17.2 Å². The number of hydrogen-bond donors (Lipinski definition) is 0. The second-order valence-corrected chi connectivity index (χ2v) is 12.7. The third-order valence-corrected chi connectivity index (χ3v) is 8.68. The van der Waals surface area contributed by atoms with Crippen LogP contribution in [-0.2, 0) is 16.1 Å². The third kappa shape index (κ3) is 6.92. The highest BCUT2D eigenvalue weighted by Gasteiger charge is 2.35. The molecule has 0 saturated carbocycles. The molecule has 0 fully saturated rings. The highest BCUT2D eigenvalue weighted by Crippen LogP contribution is 2.38. The van der Waals surface area contributed by atoms with Crippen molar-refractivity contribution in [2.75, 3.05) is 13.7 Å². The SMILES string of the molecule is CCOC(=O)C1=C(C)N=c2s/c(=C/c3cc(Br)c(OCc4cccc(C)c4)c(OC)c3)c(=O)n2[C@@H]1c1ccccc1OC(C)C. The van der Waals surface area contributed by atoms with Crippen LogP contribution in [0.5, 0.6) is 17.2 Å². The van der Waals surface area contributed by atoms with E-state index >= 15 is 0 Å². The number of carbonyl (C=O) groups is 1. The Hall–Kier alpha value is -4.15. The van der Waals surface area contributed by atoms with Crippen LogP contribution >= 0.6 is 27.3 Å². The molecule has 0 unspecified atom stereocenters. The molecule has 234 valence electrons. The van der Waals surface area contributed by atoms with Gasteiger partial charge < -0.3 is 18.9 Å². The topological polar surface area (TPSA) is 88.4 Å². The molecule has 4 aromatic rings. The fraction of sp³-hybridized carbons (Fsp3) is 0.286. The molecule has 0 aliphatic carbocycles. The lowest BCUT2D eigenvalue weighted by molar-refractivity contribution is -0.139. The normalized spacial score (nSPS) is 14.7. The van der Waals surface area contributed by atoms with Crippen molar-refractivity contribution in [2.45, 2.75) is 53.4 Å². The van der Waals surface area contributed by atoms with Crippen molar-refractivity contribution < 1.29 is 23.7 Å². The summed E-state index contributed by atoms with van der Waals surface area (Å²) in [6.07, 6.45) is 1.67. The minimum absolute atomic E-state index is 0.115. The Morgan fingerprint density at radius 3 is 2.58 bits per heavy atom. The number of esters is 1. The van der Waals surface area contributed by atoms with E-state index in [9.17, 15) is 9.59 Å². The third-order valence-electron chi connectivity index (χ3n) is 7.11. The van der Waals surface area contributed by atoms with Crippen LogP contribution in [0.4, 0.5) is 0 Å². The Kier molecular flexibility index (Phi) is 9.94. The number of thiazole rings is 1. The maximum Gasteiger partial charge on any atom is 0.338 e. The van der Waals surface area contributed by atoms with E-state index in [1.807, 2.05) is 75.4 Å². The van der Waals surface area contributed by atoms with Gasteiger partial charge in [-0.3, -0.25) is 9.36 Å². The average Bonchev–Trinajstić information content (AvgIpc) is 3.29. The van der Waals surface area contributed by atoms with E-state index in [0.29, 0.717) is 54.5 Å². The first-order chi connectivity index (χ1) is 21.6. The zero-order valence-corrected chi connectivity index (χ0v) is 28.5. The summed E-state index contributed by atoms with van der Waals surface area (Å²) in [6.45, 7) is 9.98. The quantitative estimate of drug-likeness (QED) is 0.183. The molecule has 2 heterocycles. The van der Waals surface area contributed by atoms with Gasteiger partial charge in [0, 0.05) is 5.56 Å². The minimum atomic E-state index is -0.781. The summed E-state index contributed by atoms with van der Waals surface area (Å²) >= 11 is 4.89. The van der Waals surface area contributed by atoms with Crippen LogP contribution < -0.4 is 29.1 Å². The Labute approximate surface area is 274 Å². The number of aromatic nitrogens is 1. The van der Waals surface area contributed by atoms with Crippen LogP contribution in [0.1, 0.15) is 56.0 Å². The maximum atomic E-state index is 14.2. The molecular formula is C35H35BrN2O6S. The zero-order chi connectivity index (χ0) is 32.2. The number of aryl methyl sites for hydroxylation is 1. The van der Waals surface area contributed by atoms with Crippen molar-refractivity contribution in [2.24, 2.45) is 4.99 Å². The van der Waals surface area contributed by atoms with Gasteiger partial charge in [-0.05, 0) is 86.0 Å². The second-order valence-electron chi connectivity index (χ2n) is 10.8. The van der Waals surface area contributed by atoms with Gasteiger partial charge in [-0.1, -0.05) is 59.4 Å². The summed E-state index contributed by atoms with van der Waals surface area (Å²) in [5.41, 5.74) is 4.11. The first-order valence-electron chi connectivity index (χ1n) is 14.6. The standard InChI is InChI=1S/C35H35BrN2O6S/c1-7-42-34(40)30-22(5)37-35-38(31(30)25-13-8-9-14-27(25)44-20(2)3)33(39)29(45-35)18-24-16-26(36)32(28(17-24)41-6)43-19-23-12-10-11-21(4)15-23/h8-18,20,31H,7,19H2,1-6H3/b29-18+/t31-/m1/s1. The number of ether oxygens (including phenoxy) is 4. The largest absolute Gasteiger partial charge is 0.493 e. The summed E-state index contributed by atoms with van der Waals surface area (Å²) < 4.78 is 26.1. The van der Waals surface area contributed by atoms with Crippen molar-refractivity contribution in [3.63, 3.8) is 0 Å². The Bertz CT molecular complexity index is 1960. The number of hydrogen-bond acceptors (Lipinski definition) is 8. The molecule has 0 N–H and O–H groups in total. The Balaban J connectivity index is 1.60. The van der Waals surface area contributed by atoms with Gasteiger partial charge in [0.05, 0.1) is 40.1 Å². The van der Waals surface area contributed by atoms with Crippen molar-refractivity contribution in [1.29, 1.82) is 0 Å². The molecule has 1 aromatic heterocycles. The van der Waals surface area contributed by atoms with Crippen LogP contribution in [-0.4, -0.2) is 30.4 Å². The molecule has 1 aliphatic heterocycles. The van der Waals surface area contributed by atoms with E-state index in [1.165, 1.54) is 11.3 Å². The van der Waals surface area contributed by atoms with Gasteiger partial charge in [0.2, 0.25) is 0 Å². The molecule has 0 bridgehead atoms. The molecule has 45 heavy (non-hydrogen) atoms. The summed E-state index contributed by atoms with van der Waals surface area (Å²) in [4.78, 5) is 32.6. The Morgan fingerprint density at radius 2 is 1.87 bits per heavy atom. The number of allylic oxidation sites excluding steroid dienone is 1. The molecule has 0 saturated heterocycles. The number of carbonyl (C=O) groups excluding carboxylic acids is 1. The molecule has 5 rings (SSSR count). The molecule has 0 radical (unpaired) electrons. The van der Waals surface area contributed by atoms with Crippen molar-refractivity contribution >= 4 is 39.3 Å². The predicted octanol–water partition coefficient (Wildman–Crippen LogP) is 6.24. The van der Waals surface area contributed by atoms with E-state index in [0.717, 1.165) is 16.7 Å². The van der Waals surface area contributed by atoms with Crippen LogP contribution in [0.2, 0.25) is 0 Å². The maximum absolute atomic E-state index is 14.2. The molecule has 1 aliphatic rings. The summed E-state index contributed by atoms with van der Waals surface area (Å²) in [6, 6.07) is 18.5. The van der Waals surface area contributed by atoms with Crippen molar-refractivity contribution in [3.05, 3.63) is 118 Å². The minimum Gasteiger partial charge on any atom is -0.493 e. The molecule has 10 heteroatoms. The van der Waals surface area contributed by atoms with Gasteiger partial charge in [-0.2, -0.15) is 0 Å². The highest BCUT2D eigenvalue weighted by atomic mass is 79.9. The van der Waals surface area contributed by atoms with Crippen LogP contribution in [0.25, 0.3) is 6.08 Å². The number of fused-ring (bicyclic) bond motifs is 1. The van der Waals surface area contributed by atoms with E-state index in [1.54, 1.807) is 31.6 Å². The molecule has 1 atom stereocenters. The van der Waals surface area contributed by atoms with E-state index in [-0.39, 0.29) is 18.3 Å². The van der Waals surface area contributed by atoms with Crippen LogP contribution in [0, 0.1) is 6.92 Å². The number of halogens is 1. The molecular weight excluding hydrogens is 656 g/mol. The highest BCUT2D eigenvalue weighted by molar-refractivity contribution is 9.10. The van der Waals surface area contributed by atoms with Gasteiger partial charge in [0.25, 0.3) is 5.56 Å². The average molecular weight is 692 g/mol. The molecule has 8 nitrogen and oxygen atoms in total. The smallest absolute Gasteiger partial charge is 0.338 e. The van der Waals surface area contributed by atoms with E-state index < -0.39 is 12.0 Å². The Morgan fingerprint density at radius 1 is 1.09 bits per heavy atom. The van der Waals surface area contributed by atoms with E-state index in [2.05, 4.69) is 22.0 Å². The summed E-state index contributed by atoms with van der Waals surface area (Å²) in [7, 11) is 1.58. The lowest BCUT2D eigenvalue weighted by Crippen LogP contribution is -2.40. The molecule has 0 amide bonds. The van der Waals surface area contributed by atoms with Crippen LogP contribution in [0.3, 0.4) is 0 Å². The fourth-order valence-corrected chi connectivity index (χ4v) is 6.85. The number of nitrogens with zero attached hydrogens (tertiary/aromatic N) is 2. The van der Waals surface area contributed by atoms with Gasteiger partial charge in [-0.15, -0.1) is 0 Å². The lowest BCUT2D eigenvalue weighted by atomic mass is 9.95. The monoisotopic (exact) mass is 690 g/mol.